The van der Waals surface area contributed by atoms with Crippen LogP contribution in [0.25, 0.3) is 6.08 Å². The second-order valence-electron chi connectivity index (χ2n) is 4.46. The summed E-state index contributed by atoms with van der Waals surface area (Å²) in [5.41, 5.74) is 0.994. The molecule has 0 atom stereocenters. The fraction of sp³-hybridized carbons (Fsp3) is 0.286. The Kier molecular flexibility index (Phi) is 4.24. The lowest BCUT2D eigenvalue weighted by Gasteiger charge is -2.27. The molecule has 0 aliphatic carbocycles. The van der Waals surface area contributed by atoms with Gasteiger partial charge in [-0.25, -0.2) is 0 Å². The molecule has 1 saturated heterocycles. The highest BCUT2D eigenvalue weighted by Crippen LogP contribution is 2.30. The predicted octanol–water partition coefficient (Wildman–Crippen LogP) is 2.75. The first-order valence-electron chi connectivity index (χ1n) is 6.33. The first kappa shape index (κ1) is 13.9. The van der Waals surface area contributed by atoms with Crippen molar-refractivity contribution in [1.82, 2.24) is 4.90 Å². The molecule has 1 aromatic rings. The normalized spacial score (nSPS) is 21.4. The Morgan fingerprint density at radius 3 is 2.90 bits per heavy atom. The molecule has 1 aromatic carbocycles. The maximum atomic E-state index is 12.0. The van der Waals surface area contributed by atoms with E-state index in [1.807, 2.05) is 30.3 Å². The van der Waals surface area contributed by atoms with Crippen molar-refractivity contribution in [3.8, 4) is 0 Å². The van der Waals surface area contributed by atoms with Crippen molar-refractivity contribution in [1.29, 1.82) is 0 Å². The highest BCUT2D eigenvalue weighted by Gasteiger charge is 2.26. The average molecular weight is 353 g/mol. The molecule has 0 spiro atoms. The summed E-state index contributed by atoms with van der Waals surface area (Å²) in [4.78, 5) is 18.9. The first-order valence-corrected chi connectivity index (χ1v) is 7.94. The number of ether oxygens (including phenoxy) is 1. The Balaban J connectivity index is 1.76. The molecule has 0 saturated carbocycles. The van der Waals surface area contributed by atoms with E-state index in [0.717, 1.165) is 28.3 Å². The van der Waals surface area contributed by atoms with E-state index >= 15 is 0 Å². The zero-order valence-corrected chi connectivity index (χ0v) is 13.1. The van der Waals surface area contributed by atoms with Crippen LogP contribution in [0.2, 0.25) is 0 Å². The molecule has 3 rings (SSSR count). The van der Waals surface area contributed by atoms with Crippen molar-refractivity contribution < 1.29 is 9.53 Å². The van der Waals surface area contributed by atoms with Gasteiger partial charge in [-0.15, -0.1) is 0 Å². The molecule has 0 unspecified atom stereocenters. The van der Waals surface area contributed by atoms with E-state index in [4.69, 9.17) is 4.74 Å². The zero-order chi connectivity index (χ0) is 13.9. The molecular weight excluding hydrogens is 340 g/mol. The van der Waals surface area contributed by atoms with E-state index < -0.39 is 0 Å². The molecule has 0 bridgehead atoms. The Morgan fingerprint density at radius 1 is 1.35 bits per heavy atom. The first-order chi connectivity index (χ1) is 9.72. The predicted molar refractivity (Wildman–Crippen MR) is 84.5 cm³/mol. The molecule has 2 aliphatic rings. The van der Waals surface area contributed by atoms with Crippen molar-refractivity contribution in [3.63, 3.8) is 0 Å². The van der Waals surface area contributed by atoms with Gasteiger partial charge in [0.2, 0.25) is 0 Å². The topological polar surface area (TPSA) is 41.9 Å². The highest BCUT2D eigenvalue weighted by atomic mass is 79.9. The zero-order valence-electron chi connectivity index (χ0n) is 10.7. The quantitative estimate of drug-likeness (QED) is 0.728. The Morgan fingerprint density at radius 2 is 2.15 bits per heavy atom. The molecule has 104 valence electrons. The lowest BCUT2D eigenvalue weighted by atomic mass is 10.2. The lowest BCUT2D eigenvalue weighted by molar-refractivity contribution is -0.113. The molecule has 4 nitrogen and oxygen atoms in total. The summed E-state index contributed by atoms with van der Waals surface area (Å²) < 4.78 is 6.31. The summed E-state index contributed by atoms with van der Waals surface area (Å²) in [6, 6.07) is 7.86. The maximum Gasteiger partial charge on any atom is 0.286 e. The van der Waals surface area contributed by atoms with Crippen LogP contribution in [0.5, 0.6) is 0 Å². The van der Waals surface area contributed by atoms with Gasteiger partial charge in [0.1, 0.15) is 0 Å². The number of rotatable bonds is 1. The minimum atomic E-state index is -0.156. The number of amidine groups is 1. The highest BCUT2D eigenvalue weighted by molar-refractivity contribution is 9.10. The Bertz CT molecular complexity index is 595. The van der Waals surface area contributed by atoms with Gasteiger partial charge in [-0.2, -0.15) is 4.99 Å². The third-order valence-electron chi connectivity index (χ3n) is 3.04. The summed E-state index contributed by atoms with van der Waals surface area (Å²) in [7, 11) is 0. The Hall–Kier alpha value is -1.11. The molecule has 6 heteroatoms. The Labute approximate surface area is 130 Å². The molecule has 0 N–H and O–H groups in total. The second-order valence-corrected chi connectivity index (χ2v) is 6.39. The van der Waals surface area contributed by atoms with Gasteiger partial charge in [-0.05, 0) is 35.5 Å². The monoisotopic (exact) mass is 352 g/mol. The summed E-state index contributed by atoms with van der Waals surface area (Å²) in [6.07, 6.45) is 1.88. The van der Waals surface area contributed by atoms with Crippen LogP contribution in [0, 0.1) is 0 Å². The van der Waals surface area contributed by atoms with Crippen molar-refractivity contribution in [2.75, 3.05) is 26.3 Å². The largest absolute Gasteiger partial charge is 0.378 e. The summed E-state index contributed by atoms with van der Waals surface area (Å²) in [5, 5.41) is 0.791. The lowest BCUT2D eigenvalue weighted by Crippen LogP contribution is -2.38. The van der Waals surface area contributed by atoms with E-state index in [1.165, 1.54) is 11.8 Å². The maximum absolute atomic E-state index is 12.0. The van der Waals surface area contributed by atoms with Gasteiger partial charge < -0.3 is 9.64 Å². The van der Waals surface area contributed by atoms with Crippen molar-refractivity contribution in [2.24, 2.45) is 4.99 Å². The van der Waals surface area contributed by atoms with Gasteiger partial charge in [0.15, 0.2) is 5.17 Å². The van der Waals surface area contributed by atoms with Crippen LogP contribution in [0.4, 0.5) is 0 Å². The molecular formula is C14H13BrN2O2S. The summed E-state index contributed by atoms with van der Waals surface area (Å²) >= 11 is 4.87. The van der Waals surface area contributed by atoms with Gasteiger partial charge in [-0.3, -0.25) is 4.79 Å². The molecule has 20 heavy (non-hydrogen) atoms. The smallest absolute Gasteiger partial charge is 0.286 e. The van der Waals surface area contributed by atoms with Gasteiger partial charge in [0.05, 0.1) is 18.1 Å². The van der Waals surface area contributed by atoms with Crippen LogP contribution in [-0.4, -0.2) is 42.3 Å². The van der Waals surface area contributed by atoms with E-state index in [1.54, 1.807) is 0 Å². The van der Waals surface area contributed by atoms with Crippen molar-refractivity contribution in [2.45, 2.75) is 0 Å². The van der Waals surface area contributed by atoms with Gasteiger partial charge in [0.25, 0.3) is 5.91 Å². The van der Waals surface area contributed by atoms with Crippen LogP contribution in [0.3, 0.4) is 0 Å². The van der Waals surface area contributed by atoms with Gasteiger partial charge in [-0.1, -0.05) is 28.1 Å². The van der Waals surface area contributed by atoms with Crippen LogP contribution >= 0.6 is 27.7 Å². The van der Waals surface area contributed by atoms with Crippen LogP contribution < -0.4 is 0 Å². The minimum Gasteiger partial charge on any atom is -0.378 e. The van der Waals surface area contributed by atoms with E-state index in [0.29, 0.717) is 18.1 Å². The molecule has 0 aromatic heterocycles. The molecule has 2 heterocycles. The third-order valence-corrected chi connectivity index (χ3v) is 4.57. The van der Waals surface area contributed by atoms with Crippen LogP contribution in [0.1, 0.15) is 5.56 Å². The number of amides is 1. The number of halogens is 1. The van der Waals surface area contributed by atoms with Crippen molar-refractivity contribution >= 4 is 44.8 Å². The number of morpholine rings is 1. The van der Waals surface area contributed by atoms with Gasteiger partial charge in [0, 0.05) is 17.6 Å². The average Bonchev–Trinajstić information content (AvgIpc) is 2.81. The molecule has 2 aliphatic heterocycles. The van der Waals surface area contributed by atoms with Crippen molar-refractivity contribution in [3.05, 3.63) is 39.2 Å². The van der Waals surface area contributed by atoms with Crippen LogP contribution in [0.15, 0.2) is 38.6 Å². The number of carbonyl (C=O) groups excluding carboxylic acids is 1. The van der Waals surface area contributed by atoms with E-state index in [2.05, 4.69) is 25.8 Å². The fourth-order valence-corrected chi connectivity index (χ4v) is 3.42. The number of carbonyl (C=O) groups is 1. The number of hydrogen-bond donors (Lipinski definition) is 0. The fourth-order valence-electron chi connectivity index (χ4n) is 2.04. The van der Waals surface area contributed by atoms with Crippen LogP contribution in [-0.2, 0) is 9.53 Å². The number of benzene rings is 1. The second kappa shape index (κ2) is 6.11. The summed E-state index contributed by atoms with van der Waals surface area (Å²) in [5.74, 6) is -0.156. The molecule has 1 amide bonds. The standard InChI is InChI=1S/C14H13BrN2O2S/c15-11-3-1-2-10(8-11)9-12-13(18)16-14(20-12)17-4-6-19-7-5-17/h1-3,8-9H,4-7H2/b12-9-. The minimum absolute atomic E-state index is 0.156. The van der Waals surface area contributed by atoms with Gasteiger partial charge >= 0.3 is 0 Å². The number of hydrogen-bond acceptors (Lipinski definition) is 4. The number of aliphatic imine (C=N–C) groups is 1. The molecule has 0 radical (unpaired) electrons. The van der Waals surface area contributed by atoms with E-state index in [9.17, 15) is 4.79 Å². The summed E-state index contributed by atoms with van der Waals surface area (Å²) in [6.45, 7) is 2.98. The number of thioether (sulfide) groups is 1. The number of nitrogens with zero attached hydrogens (tertiary/aromatic N) is 2. The SMILES string of the molecule is O=C1N=C(N2CCOCC2)S/C1=C\c1cccc(Br)c1. The molecule has 1 fully saturated rings. The van der Waals surface area contributed by atoms with E-state index in [-0.39, 0.29) is 5.91 Å². The third kappa shape index (κ3) is 3.13.